The monoisotopic (exact) mass is 519 g/mol. The minimum absolute atomic E-state index is 0.0778. The number of aromatic carboxylic acids is 1. The van der Waals surface area contributed by atoms with Crippen LogP contribution in [0.4, 0.5) is 0 Å². The summed E-state index contributed by atoms with van der Waals surface area (Å²) in [5, 5.41) is 14.1. The topological polar surface area (TPSA) is 74.6 Å². The molecule has 1 aliphatic carbocycles. The number of carbonyl (C=O) groups is 2. The molecule has 1 aromatic carbocycles. The minimum atomic E-state index is -0.915. The molecule has 0 spiro atoms. The third kappa shape index (κ3) is 6.96. The fourth-order valence-electron chi connectivity index (χ4n) is 6.26. The van der Waals surface area contributed by atoms with Crippen molar-refractivity contribution in [1.29, 1.82) is 0 Å². The molecule has 2 N–H and O–H groups in total. The van der Waals surface area contributed by atoms with E-state index in [0.717, 1.165) is 30.3 Å². The summed E-state index contributed by atoms with van der Waals surface area (Å²) in [4.78, 5) is 27.5. The van der Waals surface area contributed by atoms with Crippen molar-refractivity contribution < 1.29 is 14.7 Å². The van der Waals surface area contributed by atoms with Crippen molar-refractivity contribution in [3.05, 3.63) is 59.3 Å². The van der Waals surface area contributed by atoms with E-state index in [2.05, 4.69) is 46.0 Å². The van der Waals surface area contributed by atoms with E-state index in [-0.39, 0.29) is 17.7 Å². The summed E-state index contributed by atoms with van der Waals surface area (Å²) in [7, 11) is 4.02. The molecule has 0 radical (unpaired) electrons. The number of hydrogen-bond donors (Lipinski definition) is 2. The van der Waals surface area contributed by atoms with Crippen molar-refractivity contribution in [3.8, 4) is 0 Å². The van der Waals surface area contributed by atoms with Gasteiger partial charge in [-0.3, -0.25) is 4.79 Å². The number of hydrogen-bond acceptors (Lipinski definition) is 3. The molecule has 2 unspecified atom stereocenters. The highest BCUT2D eigenvalue weighted by Crippen LogP contribution is 2.40. The fraction of sp³-hybridized carbons (Fsp3) is 0.562. The standard InChI is InChI=1S/C32H45N3O3/c1-23-12-8-7-11-15-28-30(24-13-9-5-4-6-10-14-24)27-17-16-25(32(37)38)21-29(27)35(28)22-26(20-23)31(36)33-18-19-34(2)3/h7-8,11-12,16-17,21,23-24,26H,4-6,9-10,13-15,18-20,22H2,1-3H3,(H,33,36)(H,37,38)/b11-7-,12-8-. The molecule has 206 valence electrons. The number of fused-ring (bicyclic) bond motifs is 3. The second-order valence-corrected chi connectivity index (χ2v) is 11.6. The predicted molar refractivity (Wildman–Crippen MR) is 155 cm³/mol. The molecular formula is C32H45N3O3. The quantitative estimate of drug-likeness (QED) is 0.480. The predicted octanol–water partition coefficient (Wildman–Crippen LogP) is 6.16. The van der Waals surface area contributed by atoms with E-state index in [4.69, 9.17) is 0 Å². The van der Waals surface area contributed by atoms with Gasteiger partial charge in [-0.05, 0) is 62.9 Å². The van der Waals surface area contributed by atoms with E-state index in [1.165, 1.54) is 56.2 Å². The van der Waals surface area contributed by atoms with Gasteiger partial charge in [0.25, 0.3) is 0 Å². The van der Waals surface area contributed by atoms with Crippen LogP contribution >= 0.6 is 0 Å². The van der Waals surface area contributed by atoms with Crippen LogP contribution in [0, 0.1) is 11.8 Å². The number of likely N-dealkylation sites (N-methyl/N-ethyl adjacent to an activating group) is 1. The van der Waals surface area contributed by atoms with E-state index in [1.54, 1.807) is 6.07 Å². The Labute approximate surface area is 227 Å². The molecule has 1 aromatic heterocycles. The lowest BCUT2D eigenvalue weighted by Crippen LogP contribution is -2.38. The molecule has 2 atom stereocenters. The van der Waals surface area contributed by atoms with Gasteiger partial charge in [0.1, 0.15) is 0 Å². The van der Waals surface area contributed by atoms with Crippen LogP contribution in [0.5, 0.6) is 0 Å². The lowest BCUT2D eigenvalue weighted by Gasteiger charge is -2.24. The fourth-order valence-corrected chi connectivity index (χ4v) is 6.26. The minimum Gasteiger partial charge on any atom is -0.478 e. The van der Waals surface area contributed by atoms with E-state index < -0.39 is 5.97 Å². The summed E-state index contributed by atoms with van der Waals surface area (Å²) in [5.41, 5.74) is 3.88. The number of carboxylic acids is 1. The summed E-state index contributed by atoms with van der Waals surface area (Å²) < 4.78 is 2.30. The summed E-state index contributed by atoms with van der Waals surface area (Å²) in [6.45, 7) is 4.13. The normalized spacial score (nSPS) is 23.2. The summed E-state index contributed by atoms with van der Waals surface area (Å²) in [5.74, 6) is -0.323. The zero-order valence-electron chi connectivity index (χ0n) is 23.4. The van der Waals surface area contributed by atoms with Crippen LogP contribution in [0.15, 0.2) is 42.5 Å². The molecule has 38 heavy (non-hydrogen) atoms. The zero-order chi connectivity index (χ0) is 27.1. The smallest absolute Gasteiger partial charge is 0.335 e. The summed E-state index contributed by atoms with van der Waals surface area (Å²) in [6, 6.07) is 5.61. The second kappa shape index (κ2) is 13.3. The molecule has 2 heterocycles. The van der Waals surface area contributed by atoms with E-state index in [9.17, 15) is 14.7 Å². The number of amides is 1. The van der Waals surface area contributed by atoms with Crippen LogP contribution in [-0.2, 0) is 17.8 Å². The van der Waals surface area contributed by atoms with Crippen LogP contribution in [0.2, 0.25) is 0 Å². The van der Waals surface area contributed by atoms with E-state index in [0.29, 0.717) is 24.6 Å². The molecule has 2 aromatic rings. The van der Waals surface area contributed by atoms with Gasteiger partial charge in [0.15, 0.2) is 0 Å². The Kier molecular flexibility index (Phi) is 9.84. The molecule has 1 amide bonds. The number of benzene rings is 1. The van der Waals surface area contributed by atoms with Crippen LogP contribution < -0.4 is 5.32 Å². The van der Waals surface area contributed by atoms with Gasteiger partial charge in [0.2, 0.25) is 5.91 Å². The van der Waals surface area contributed by atoms with Gasteiger partial charge in [0, 0.05) is 42.7 Å². The molecule has 6 heteroatoms. The average molecular weight is 520 g/mol. The van der Waals surface area contributed by atoms with Crippen molar-refractivity contribution in [1.82, 2.24) is 14.8 Å². The van der Waals surface area contributed by atoms with Gasteiger partial charge in [-0.25, -0.2) is 4.79 Å². The molecule has 0 bridgehead atoms. The third-order valence-corrected chi connectivity index (χ3v) is 8.26. The number of allylic oxidation sites excluding steroid dienone is 4. The highest BCUT2D eigenvalue weighted by molar-refractivity contribution is 5.95. The van der Waals surface area contributed by atoms with Crippen LogP contribution in [0.25, 0.3) is 10.9 Å². The van der Waals surface area contributed by atoms with Crippen molar-refractivity contribution in [2.75, 3.05) is 27.2 Å². The molecule has 1 aliphatic heterocycles. The van der Waals surface area contributed by atoms with Crippen LogP contribution in [-0.4, -0.2) is 53.6 Å². The molecule has 2 aliphatic rings. The molecule has 0 saturated heterocycles. The van der Waals surface area contributed by atoms with Gasteiger partial charge in [-0.2, -0.15) is 0 Å². The van der Waals surface area contributed by atoms with Crippen molar-refractivity contribution in [2.24, 2.45) is 11.8 Å². The summed E-state index contributed by atoms with van der Waals surface area (Å²) >= 11 is 0. The maximum absolute atomic E-state index is 13.5. The highest BCUT2D eigenvalue weighted by Gasteiger charge is 2.28. The first-order valence-corrected chi connectivity index (χ1v) is 14.5. The van der Waals surface area contributed by atoms with Gasteiger partial charge in [0.05, 0.1) is 11.5 Å². The third-order valence-electron chi connectivity index (χ3n) is 8.26. The maximum atomic E-state index is 13.5. The number of nitrogens with zero attached hydrogens (tertiary/aromatic N) is 2. The Morgan fingerprint density at radius 3 is 2.53 bits per heavy atom. The lowest BCUT2D eigenvalue weighted by atomic mass is 9.84. The number of rotatable bonds is 6. The number of carbonyl (C=O) groups excluding carboxylic acids is 1. The van der Waals surface area contributed by atoms with Crippen molar-refractivity contribution in [2.45, 2.75) is 77.2 Å². The number of nitrogens with one attached hydrogen (secondary N) is 1. The molecular weight excluding hydrogens is 474 g/mol. The van der Waals surface area contributed by atoms with Crippen LogP contribution in [0.1, 0.15) is 85.8 Å². The summed E-state index contributed by atoms with van der Waals surface area (Å²) in [6.07, 6.45) is 18.9. The molecule has 1 saturated carbocycles. The maximum Gasteiger partial charge on any atom is 0.335 e. The lowest BCUT2D eigenvalue weighted by molar-refractivity contribution is -0.125. The molecule has 1 fully saturated rings. The van der Waals surface area contributed by atoms with Gasteiger partial charge >= 0.3 is 5.97 Å². The van der Waals surface area contributed by atoms with E-state index in [1.807, 2.05) is 26.2 Å². The number of carboxylic acid groups (broad SMARTS) is 1. The Bertz CT molecular complexity index is 1170. The van der Waals surface area contributed by atoms with Gasteiger partial charge in [-0.15, -0.1) is 0 Å². The highest BCUT2D eigenvalue weighted by atomic mass is 16.4. The first kappa shape index (κ1) is 28.2. The van der Waals surface area contributed by atoms with Gasteiger partial charge < -0.3 is 19.9 Å². The number of aromatic nitrogens is 1. The first-order chi connectivity index (χ1) is 18.3. The Hall–Kier alpha value is -2.86. The Balaban J connectivity index is 1.83. The zero-order valence-corrected chi connectivity index (χ0v) is 23.4. The second-order valence-electron chi connectivity index (χ2n) is 11.6. The Morgan fingerprint density at radius 2 is 1.82 bits per heavy atom. The molecule has 4 rings (SSSR count). The van der Waals surface area contributed by atoms with Crippen LogP contribution in [0.3, 0.4) is 0 Å². The first-order valence-electron chi connectivity index (χ1n) is 14.5. The SMILES string of the molecule is CC1/C=C\C=C/Cc2c(C3CCCCCCC3)c3ccc(C(=O)O)cc3n2CC(C(=O)NCCN(C)C)C1. The Morgan fingerprint density at radius 1 is 1.08 bits per heavy atom. The average Bonchev–Trinajstić information content (AvgIpc) is 3.13. The largest absolute Gasteiger partial charge is 0.478 e. The van der Waals surface area contributed by atoms with Crippen molar-refractivity contribution >= 4 is 22.8 Å². The molecule has 6 nitrogen and oxygen atoms in total. The van der Waals surface area contributed by atoms with Gasteiger partial charge in [-0.1, -0.05) is 69.4 Å². The van der Waals surface area contributed by atoms with Crippen molar-refractivity contribution in [3.63, 3.8) is 0 Å². The van der Waals surface area contributed by atoms with E-state index >= 15 is 0 Å².